The SMILES string of the molecule is COc1nnc(O[C@@H]2C[C@@H](C(N)=O)N(C(=O)[C@@H](NC(=O)OC(C)(C)C(F)(F)F)[C@H](C)C[C@H](C)CC/C=C\[C@@H]3CCCC3C(=O)NS(=O)(=O)C3(C)CC3)C2)c2ccccc12. The highest BCUT2D eigenvalue weighted by Crippen LogP contribution is 2.43. The summed E-state index contributed by atoms with van der Waals surface area (Å²) in [6.45, 7) is 6.45. The van der Waals surface area contributed by atoms with Crippen molar-refractivity contribution in [2.75, 3.05) is 13.7 Å². The number of fused-ring (bicyclic) bond motifs is 1. The fraction of sp³-hybridized carbons (Fsp3) is 0.650. The molecule has 2 aromatic rings. The molecule has 0 radical (unpaired) electrons. The number of allylic oxidation sites excluding steroid dienone is 2. The summed E-state index contributed by atoms with van der Waals surface area (Å²) in [6, 6.07) is 4.46. The fourth-order valence-electron chi connectivity index (χ4n) is 7.78. The van der Waals surface area contributed by atoms with Crippen LogP contribution in [-0.2, 0) is 29.1 Å². The molecule has 2 heterocycles. The summed E-state index contributed by atoms with van der Waals surface area (Å²) in [5.74, 6) is -2.99. The van der Waals surface area contributed by atoms with Crippen molar-refractivity contribution < 1.29 is 55.0 Å². The van der Waals surface area contributed by atoms with E-state index < -0.39 is 80.4 Å². The van der Waals surface area contributed by atoms with Gasteiger partial charge in [-0.1, -0.05) is 44.6 Å². The van der Waals surface area contributed by atoms with Gasteiger partial charge in [-0.2, -0.15) is 13.2 Å². The smallest absolute Gasteiger partial charge is 0.427 e. The third kappa shape index (κ3) is 10.6. The van der Waals surface area contributed by atoms with Crippen molar-refractivity contribution in [1.82, 2.24) is 25.1 Å². The predicted molar refractivity (Wildman–Crippen MR) is 210 cm³/mol. The number of ether oxygens (including phenoxy) is 3. The Labute approximate surface area is 342 Å². The van der Waals surface area contributed by atoms with E-state index in [0.29, 0.717) is 63.1 Å². The second-order valence-corrected chi connectivity index (χ2v) is 19.1. The topological polar surface area (TPSA) is 209 Å². The lowest BCUT2D eigenvalue weighted by Crippen LogP contribution is -2.56. The van der Waals surface area contributed by atoms with E-state index in [1.807, 2.05) is 19.1 Å². The number of nitrogens with one attached hydrogen (secondary N) is 2. The van der Waals surface area contributed by atoms with Gasteiger partial charge in [-0.15, -0.1) is 10.2 Å². The maximum absolute atomic E-state index is 14.4. The van der Waals surface area contributed by atoms with Gasteiger partial charge in [-0.05, 0) is 95.6 Å². The molecular formula is C40H55F3N6O9S. The van der Waals surface area contributed by atoms with Crippen LogP contribution in [0.25, 0.3) is 10.8 Å². The van der Waals surface area contributed by atoms with Crippen molar-refractivity contribution >= 4 is 44.6 Å². The number of aromatic nitrogens is 2. The number of rotatable bonds is 17. The molecule has 19 heteroatoms. The van der Waals surface area contributed by atoms with Gasteiger partial charge in [0, 0.05) is 12.3 Å². The second kappa shape index (κ2) is 17.9. The first-order valence-electron chi connectivity index (χ1n) is 19.9. The van der Waals surface area contributed by atoms with Crippen LogP contribution in [0.2, 0.25) is 0 Å². The molecule has 1 unspecified atom stereocenters. The highest BCUT2D eigenvalue weighted by molar-refractivity contribution is 7.91. The summed E-state index contributed by atoms with van der Waals surface area (Å²) in [5.41, 5.74) is 2.88. The monoisotopic (exact) mass is 852 g/mol. The standard InChI is InChI=1S/C40H55F3N6O9S/c1-23(12-7-8-13-25-14-11-17-27(25)33(51)48-59(54,55)39(5)18-19-39)20-24(2)31(45-37(53)58-38(3,4)40(41,42)43)36(52)49-22-26(21-30(49)32(44)50)57-35-29-16-10-9-15-28(29)34(56-6)46-47-35/h8-10,13,15-16,23-27,30-31H,7,11-12,14,17-22H2,1-6H3,(H2,44,50)(H,45,53)(H,48,51)/b13-8-/t23-,24-,25-,26-,27?,30+,31+/m1/s1. The predicted octanol–water partition coefficient (Wildman–Crippen LogP) is 5.32. The Hall–Kier alpha value is -4.68. The number of nitrogens with zero attached hydrogens (tertiary/aromatic N) is 3. The molecule has 1 saturated heterocycles. The third-order valence-electron chi connectivity index (χ3n) is 11.8. The molecule has 0 spiro atoms. The Bertz CT molecular complexity index is 2030. The zero-order valence-electron chi connectivity index (χ0n) is 34.2. The number of carbonyl (C=O) groups excluding carboxylic acids is 4. The number of benzene rings is 1. The number of carbonyl (C=O) groups is 4. The average molecular weight is 853 g/mol. The molecule has 0 bridgehead atoms. The van der Waals surface area contributed by atoms with Crippen LogP contribution >= 0.6 is 0 Å². The van der Waals surface area contributed by atoms with E-state index in [1.54, 1.807) is 38.1 Å². The van der Waals surface area contributed by atoms with E-state index in [2.05, 4.69) is 20.2 Å². The van der Waals surface area contributed by atoms with Crippen molar-refractivity contribution in [2.24, 2.45) is 29.4 Å². The first kappa shape index (κ1) is 45.4. The number of amides is 4. The number of sulfonamides is 1. The van der Waals surface area contributed by atoms with Crippen LogP contribution in [-0.4, -0.2) is 95.7 Å². The van der Waals surface area contributed by atoms with E-state index in [0.717, 1.165) is 12.8 Å². The molecule has 2 saturated carbocycles. The van der Waals surface area contributed by atoms with E-state index in [9.17, 15) is 40.8 Å². The minimum absolute atomic E-state index is 0.0306. The van der Waals surface area contributed by atoms with Gasteiger partial charge in [0.2, 0.25) is 45.1 Å². The van der Waals surface area contributed by atoms with E-state index in [1.165, 1.54) is 12.0 Å². The number of halogens is 3. The van der Waals surface area contributed by atoms with Crippen LogP contribution in [0.4, 0.5) is 18.0 Å². The third-order valence-corrected chi connectivity index (χ3v) is 14.0. The Balaban J connectivity index is 1.26. The number of alkyl halides is 3. The lowest BCUT2D eigenvalue weighted by Gasteiger charge is -2.33. The second-order valence-electron chi connectivity index (χ2n) is 16.9. The molecule has 3 fully saturated rings. The number of primary amides is 1. The van der Waals surface area contributed by atoms with Gasteiger partial charge in [-0.25, -0.2) is 13.2 Å². The van der Waals surface area contributed by atoms with E-state index >= 15 is 0 Å². The van der Waals surface area contributed by atoms with Gasteiger partial charge in [0.25, 0.3) is 0 Å². The molecule has 4 N–H and O–H groups in total. The van der Waals surface area contributed by atoms with Gasteiger partial charge in [0.05, 0.1) is 29.2 Å². The molecule has 7 atom stereocenters. The highest BCUT2D eigenvalue weighted by atomic mass is 32.2. The zero-order chi connectivity index (χ0) is 43.5. The molecule has 3 aliphatic rings. The summed E-state index contributed by atoms with van der Waals surface area (Å²) in [5, 5.41) is 11.7. The van der Waals surface area contributed by atoms with Crippen molar-refractivity contribution in [2.45, 2.75) is 127 Å². The lowest BCUT2D eigenvalue weighted by atomic mass is 9.87. The lowest BCUT2D eigenvalue weighted by molar-refractivity contribution is -0.244. The Kier molecular flexibility index (Phi) is 13.8. The van der Waals surface area contributed by atoms with E-state index in [4.69, 9.17) is 19.9 Å². The van der Waals surface area contributed by atoms with Gasteiger partial charge >= 0.3 is 12.3 Å². The minimum atomic E-state index is -4.91. The van der Waals surface area contributed by atoms with Crippen LogP contribution in [0.3, 0.4) is 0 Å². The minimum Gasteiger partial charge on any atom is -0.479 e. The zero-order valence-corrected chi connectivity index (χ0v) is 35.0. The molecule has 1 aromatic carbocycles. The fourth-order valence-corrected chi connectivity index (χ4v) is 9.08. The number of methoxy groups -OCH3 is 1. The van der Waals surface area contributed by atoms with Crippen LogP contribution < -0.4 is 25.2 Å². The van der Waals surface area contributed by atoms with Gasteiger partial charge < -0.3 is 30.2 Å². The molecule has 326 valence electrons. The summed E-state index contributed by atoms with van der Waals surface area (Å²) in [4.78, 5) is 54.3. The van der Waals surface area contributed by atoms with Gasteiger partial charge in [0.15, 0.2) is 0 Å². The van der Waals surface area contributed by atoms with Gasteiger partial charge in [0.1, 0.15) is 18.2 Å². The Morgan fingerprint density at radius 1 is 1.07 bits per heavy atom. The van der Waals surface area contributed by atoms with Gasteiger partial charge in [-0.3, -0.25) is 19.1 Å². The van der Waals surface area contributed by atoms with Crippen molar-refractivity contribution in [1.29, 1.82) is 0 Å². The maximum Gasteiger partial charge on any atom is 0.427 e. The number of likely N-dealkylation sites (tertiary alicyclic amines) is 1. The van der Waals surface area contributed by atoms with Crippen LogP contribution in [0.15, 0.2) is 36.4 Å². The normalized spacial score (nSPS) is 23.4. The Morgan fingerprint density at radius 3 is 2.32 bits per heavy atom. The first-order chi connectivity index (χ1) is 27.6. The largest absolute Gasteiger partial charge is 0.479 e. The molecular weight excluding hydrogens is 798 g/mol. The quantitative estimate of drug-likeness (QED) is 0.174. The number of alkyl carbamates (subject to hydrolysis) is 1. The number of hydrogen-bond acceptors (Lipinski definition) is 11. The molecule has 1 aliphatic heterocycles. The Morgan fingerprint density at radius 2 is 1.71 bits per heavy atom. The van der Waals surface area contributed by atoms with Crippen LogP contribution in [0.1, 0.15) is 92.4 Å². The van der Waals surface area contributed by atoms with Crippen molar-refractivity contribution in [3.8, 4) is 11.8 Å². The van der Waals surface area contributed by atoms with E-state index in [-0.39, 0.29) is 36.6 Å². The summed E-state index contributed by atoms with van der Waals surface area (Å²) >= 11 is 0. The molecule has 1 aromatic heterocycles. The summed E-state index contributed by atoms with van der Waals surface area (Å²) < 4.78 is 84.0. The summed E-state index contributed by atoms with van der Waals surface area (Å²) in [7, 11) is -2.30. The first-order valence-corrected chi connectivity index (χ1v) is 21.4. The molecule has 59 heavy (non-hydrogen) atoms. The highest BCUT2D eigenvalue weighted by Gasteiger charge is 2.53. The number of hydrogen-bond donors (Lipinski definition) is 3. The van der Waals surface area contributed by atoms with Crippen molar-refractivity contribution in [3.05, 3.63) is 36.4 Å². The molecule has 2 aliphatic carbocycles. The number of nitrogens with two attached hydrogens (primary N) is 1. The average Bonchev–Trinajstić information content (AvgIpc) is 3.54. The summed E-state index contributed by atoms with van der Waals surface area (Å²) in [6.07, 6.45) is 1.38. The van der Waals surface area contributed by atoms with Crippen LogP contribution in [0, 0.1) is 23.7 Å². The molecule has 5 rings (SSSR count). The molecule has 15 nitrogen and oxygen atoms in total. The maximum atomic E-state index is 14.4. The molecule has 4 amide bonds. The van der Waals surface area contributed by atoms with Crippen molar-refractivity contribution in [3.63, 3.8) is 0 Å². The van der Waals surface area contributed by atoms with Crippen LogP contribution in [0.5, 0.6) is 11.8 Å².